The third-order valence-electron chi connectivity index (χ3n) is 13.9. The molecule has 314 valence electrons. The van der Waals surface area contributed by atoms with E-state index < -0.39 is 0 Å². The molecule has 0 saturated carbocycles. The zero-order chi connectivity index (χ0) is 44.2. The van der Waals surface area contributed by atoms with Crippen LogP contribution in [0.5, 0.6) is 0 Å². The number of nitrogens with zero attached hydrogens (tertiary/aromatic N) is 2. The van der Waals surface area contributed by atoms with Crippen molar-refractivity contribution in [2.45, 2.75) is 79.1 Å². The first-order valence-corrected chi connectivity index (χ1v) is 23.0. The molecule has 0 saturated heterocycles. The predicted octanol–water partition coefficient (Wildman–Crippen LogP) is 17.9. The molecule has 0 atom stereocenters. The number of anilines is 3. The fourth-order valence-electron chi connectivity index (χ4n) is 10.0. The first-order valence-electron chi connectivity index (χ1n) is 23.0. The summed E-state index contributed by atoms with van der Waals surface area (Å²) in [6.07, 6.45) is 0. The molecule has 11 rings (SSSR count). The van der Waals surface area contributed by atoms with Gasteiger partial charge in [0.2, 0.25) is 0 Å². The maximum atomic E-state index is 2.48. The Balaban J connectivity index is 1.02. The zero-order valence-corrected chi connectivity index (χ0v) is 38.6. The van der Waals surface area contributed by atoms with Gasteiger partial charge in [0.05, 0.1) is 11.0 Å². The summed E-state index contributed by atoms with van der Waals surface area (Å²) in [6, 6.07) is 64.5. The Morgan fingerprint density at radius 2 is 0.984 bits per heavy atom. The molecular weight excluding hydrogens is 773 g/mol. The van der Waals surface area contributed by atoms with Gasteiger partial charge in [-0.1, -0.05) is 134 Å². The zero-order valence-electron chi connectivity index (χ0n) is 38.6. The summed E-state index contributed by atoms with van der Waals surface area (Å²) in [7, 11) is 0. The number of aromatic nitrogens is 1. The monoisotopic (exact) mass is 828 g/mol. The fraction of sp³-hybridized carbons (Fsp3) is 0.194. The summed E-state index contributed by atoms with van der Waals surface area (Å²) in [5, 5.41) is 7.65. The van der Waals surface area contributed by atoms with Crippen LogP contribution in [0.15, 0.2) is 170 Å². The van der Waals surface area contributed by atoms with Gasteiger partial charge in [-0.25, -0.2) is 0 Å². The van der Waals surface area contributed by atoms with Crippen molar-refractivity contribution in [2.24, 2.45) is 0 Å². The SMILES string of the molecule is Cc1ccc(C(C)C)cc1N(c1cccc(-c2ccccc2)c1)c1ccc2cc3c(cc2c1)-c1cc2cc(-n4c5ccc(C(C)(C)C)cc5c5cc(C(C)(C)C)ccc54)ccc2cc1-3. The van der Waals surface area contributed by atoms with Crippen LogP contribution in [-0.2, 0) is 10.8 Å². The van der Waals surface area contributed by atoms with E-state index in [2.05, 4.69) is 242 Å². The van der Waals surface area contributed by atoms with Gasteiger partial charge < -0.3 is 9.47 Å². The van der Waals surface area contributed by atoms with Crippen LogP contribution < -0.4 is 4.90 Å². The Bertz CT molecular complexity index is 3420. The van der Waals surface area contributed by atoms with Gasteiger partial charge in [-0.05, 0) is 192 Å². The second-order valence-electron chi connectivity index (χ2n) is 20.6. The van der Waals surface area contributed by atoms with Crippen LogP contribution >= 0.6 is 0 Å². The van der Waals surface area contributed by atoms with E-state index in [9.17, 15) is 0 Å². The first kappa shape index (κ1) is 39.9. The second-order valence-corrected chi connectivity index (χ2v) is 20.6. The van der Waals surface area contributed by atoms with Crippen LogP contribution in [0.25, 0.3) is 82.4 Å². The quantitative estimate of drug-likeness (QED) is 0.162. The molecule has 0 unspecified atom stereocenters. The van der Waals surface area contributed by atoms with Crippen molar-refractivity contribution in [3.05, 3.63) is 192 Å². The molecule has 0 spiro atoms. The lowest BCUT2D eigenvalue weighted by atomic mass is 9.78. The van der Waals surface area contributed by atoms with E-state index in [4.69, 9.17) is 0 Å². The Kier molecular flexibility index (Phi) is 9.09. The molecule has 9 aromatic carbocycles. The summed E-state index contributed by atoms with van der Waals surface area (Å²) in [6.45, 7) is 20.6. The van der Waals surface area contributed by atoms with Gasteiger partial charge in [0.25, 0.3) is 0 Å². The minimum absolute atomic E-state index is 0.0601. The summed E-state index contributed by atoms with van der Waals surface area (Å²) in [5.41, 5.74) is 20.4. The third-order valence-corrected chi connectivity index (χ3v) is 13.9. The average molecular weight is 829 g/mol. The van der Waals surface area contributed by atoms with Crippen LogP contribution in [0.2, 0.25) is 0 Å². The summed E-state index contributed by atoms with van der Waals surface area (Å²) in [4.78, 5) is 2.46. The van der Waals surface area contributed by atoms with Crippen LogP contribution in [0.3, 0.4) is 0 Å². The molecule has 0 bridgehead atoms. The standard InChI is InChI=1S/C62H56N2/c1-38(2)41-19-18-39(3)60(35-41)63(49-17-13-16-42(28-49)40-14-11-10-12-15-40)50-24-20-43-31-52-53-32-44-21-25-51(30-46(44)34-55(53)54(52)33-45(43)29-50)64-58-26-22-47(61(4,5)6)36-56(58)57-37-48(62(7,8)9)23-27-59(57)64/h10-38H,1-9H3. The molecule has 0 amide bonds. The van der Waals surface area contributed by atoms with Crippen molar-refractivity contribution in [3.8, 4) is 39.1 Å². The molecule has 1 aliphatic carbocycles. The highest BCUT2D eigenvalue weighted by Gasteiger charge is 2.26. The fourth-order valence-corrected chi connectivity index (χ4v) is 10.0. The Morgan fingerprint density at radius 1 is 0.438 bits per heavy atom. The lowest BCUT2D eigenvalue weighted by Gasteiger charge is -2.29. The first-order chi connectivity index (χ1) is 30.7. The minimum Gasteiger partial charge on any atom is -0.310 e. The highest BCUT2D eigenvalue weighted by atomic mass is 15.1. The van der Waals surface area contributed by atoms with Crippen molar-refractivity contribution in [3.63, 3.8) is 0 Å². The Labute approximate surface area is 378 Å². The molecule has 0 N–H and O–H groups in total. The second kappa shape index (κ2) is 14.6. The summed E-state index contributed by atoms with van der Waals surface area (Å²) >= 11 is 0. The molecular formula is C62H56N2. The lowest BCUT2D eigenvalue weighted by Crippen LogP contribution is -2.12. The van der Waals surface area contributed by atoms with E-state index in [1.807, 2.05) is 0 Å². The molecule has 64 heavy (non-hydrogen) atoms. The Hall–Kier alpha value is -6.90. The maximum Gasteiger partial charge on any atom is 0.0541 e. The lowest BCUT2D eigenvalue weighted by molar-refractivity contribution is 0.590. The normalized spacial score (nSPS) is 12.6. The van der Waals surface area contributed by atoms with Gasteiger partial charge in [-0.3, -0.25) is 0 Å². The van der Waals surface area contributed by atoms with Crippen molar-refractivity contribution >= 4 is 60.4 Å². The predicted molar refractivity (Wildman–Crippen MR) is 277 cm³/mol. The van der Waals surface area contributed by atoms with E-state index in [0.29, 0.717) is 5.92 Å². The van der Waals surface area contributed by atoms with Crippen molar-refractivity contribution < 1.29 is 0 Å². The third kappa shape index (κ3) is 6.62. The molecule has 1 heterocycles. The topological polar surface area (TPSA) is 8.17 Å². The summed E-state index contributed by atoms with van der Waals surface area (Å²) < 4.78 is 2.48. The molecule has 0 aliphatic heterocycles. The number of fused-ring (bicyclic) bond motifs is 9. The molecule has 10 aromatic rings. The van der Waals surface area contributed by atoms with Crippen LogP contribution in [0.1, 0.15) is 83.6 Å². The highest BCUT2D eigenvalue weighted by Crippen LogP contribution is 2.51. The molecule has 1 aliphatic rings. The maximum absolute atomic E-state index is 2.48. The van der Waals surface area contributed by atoms with E-state index >= 15 is 0 Å². The van der Waals surface area contributed by atoms with E-state index in [1.54, 1.807) is 0 Å². The van der Waals surface area contributed by atoms with E-state index in [0.717, 1.165) is 11.4 Å². The van der Waals surface area contributed by atoms with Gasteiger partial charge in [-0.2, -0.15) is 0 Å². The van der Waals surface area contributed by atoms with Crippen molar-refractivity contribution in [1.82, 2.24) is 4.57 Å². The molecule has 0 radical (unpaired) electrons. The molecule has 1 aromatic heterocycles. The number of rotatable bonds is 6. The largest absolute Gasteiger partial charge is 0.310 e. The van der Waals surface area contributed by atoms with Crippen LogP contribution in [-0.4, -0.2) is 4.57 Å². The van der Waals surface area contributed by atoms with E-state index in [-0.39, 0.29) is 10.8 Å². The number of aryl methyl sites for hydroxylation is 1. The molecule has 0 fully saturated rings. The van der Waals surface area contributed by atoms with Gasteiger partial charge in [0.15, 0.2) is 0 Å². The highest BCUT2D eigenvalue weighted by molar-refractivity contribution is 6.13. The van der Waals surface area contributed by atoms with Gasteiger partial charge in [0, 0.05) is 33.5 Å². The number of hydrogen-bond acceptors (Lipinski definition) is 1. The van der Waals surface area contributed by atoms with Gasteiger partial charge in [-0.15, -0.1) is 0 Å². The number of benzene rings is 9. The molecule has 2 heteroatoms. The van der Waals surface area contributed by atoms with Crippen LogP contribution in [0.4, 0.5) is 17.1 Å². The Morgan fingerprint density at radius 3 is 1.58 bits per heavy atom. The smallest absolute Gasteiger partial charge is 0.0541 e. The van der Waals surface area contributed by atoms with Crippen molar-refractivity contribution in [2.75, 3.05) is 4.90 Å². The van der Waals surface area contributed by atoms with Gasteiger partial charge >= 0.3 is 0 Å². The van der Waals surface area contributed by atoms with Crippen LogP contribution in [0, 0.1) is 6.92 Å². The summed E-state index contributed by atoms with van der Waals surface area (Å²) in [5.74, 6) is 0.421. The van der Waals surface area contributed by atoms with Crippen molar-refractivity contribution in [1.29, 1.82) is 0 Å². The van der Waals surface area contributed by atoms with Gasteiger partial charge in [0.1, 0.15) is 0 Å². The molecule has 2 nitrogen and oxygen atoms in total. The average Bonchev–Trinajstić information content (AvgIpc) is 3.61. The van der Waals surface area contributed by atoms with E-state index in [1.165, 1.54) is 110 Å². The minimum atomic E-state index is 0.0601. The number of hydrogen-bond donors (Lipinski definition) is 0.